The number of aliphatic carboxylic acids is 1. The summed E-state index contributed by atoms with van der Waals surface area (Å²) in [5.41, 5.74) is 1.23. The molecule has 0 spiro atoms. The first-order chi connectivity index (χ1) is 38.9. The van der Waals surface area contributed by atoms with E-state index in [1.807, 2.05) is 77.9 Å². The van der Waals surface area contributed by atoms with E-state index in [1.54, 1.807) is 48.5 Å². The van der Waals surface area contributed by atoms with E-state index in [0.29, 0.717) is 72.8 Å². The van der Waals surface area contributed by atoms with Gasteiger partial charge in [-0.15, -0.1) is 0 Å². The van der Waals surface area contributed by atoms with Crippen molar-refractivity contribution >= 4 is 126 Å². The van der Waals surface area contributed by atoms with Crippen LogP contribution in [0.4, 0.5) is 0 Å². The molecule has 440 valence electrons. The van der Waals surface area contributed by atoms with Crippen molar-refractivity contribution in [3.05, 3.63) is 136 Å². The summed E-state index contributed by atoms with van der Waals surface area (Å²) in [5, 5.41) is 20.2. The molecule has 1 saturated heterocycles. The van der Waals surface area contributed by atoms with E-state index in [-0.39, 0.29) is 65.6 Å². The van der Waals surface area contributed by atoms with Crippen LogP contribution in [0.25, 0.3) is 0 Å². The van der Waals surface area contributed by atoms with Crippen LogP contribution in [0.1, 0.15) is 126 Å². The van der Waals surface area contributed by atoms with E-state index in [4.69, 9.17) is 96.5 Å². The third kappa shape index (κ3) is 18.9. The number of ether oxygens (including phenoxy) is 5. The van der Waals surface area contributed by atoms with Crippen LogP contribution >= 0.6 is 89.9 Å². The summed E-state index contributed by atoms with van der Waals surface area (Å²) in [5.74, 6) is -0.0670. The molecule has 7 fully saturated rings. The first-order valence-electron chi connectivity index (χ1n) is 27.3. The molecule has 7 aliphatic rings. The third-order valence-corrected chi connectivity index (χ3v) is 16.5. The van der Waals surface area contributed by atoms with E-state index >= 15 is 0 Å². The fourth-order valence-electron chi connectivity index (χ4n) is 7.83. The van der Waals surface area contributed by atoms with Gasteiger partial charge in [0.2, 0.25) is 0 Å². The molecule has 6 saturated carbocycles. The van der Waals surface area contributed by atoms with Crippen LogP contribution in [-0.2, 0) is 23.6 Å². The normalized spacial score (nSPS) is 21.0. The van der Waals surface area contributed by atoms with Crippen molar-refractivity contribution in [3.63, 3.8) is 0 Å². The van der Waals surface area contributed by atoms with E-state index in [0.717, 1.165) is 77.3 Å². The van der Waals surface area contributed by atoms with E-state index in [1.165, 1.54) is 13.2 Å². The number of phenolic OH excluding ortho intramolecular Hbond substituents is 1. The minimum atomic E-state index is -0.905. The number of esters is 1. The Hall–Kier alpha value is -4.23. The number of carboxylic acids is 1. The molecule has 21 heteroatoms. The van der Waals surface area contributed by atoms with Crippen LogP contribution in [0, 0.1) is 23.7 Å². The molecule has 0 radical (unpaired) electrons. The highest BCUT2D eigenvalue weighted by atomic mass is 79.9. The summed E-state index contributed by atoms with van der Waals surface area (Å²) in [6.45, 7) is 12.2. The lowest BCUT2D eigenvalue weighted by atomic mass is 9.79. The van der Waals surface area contributed by atoms with Gasteiger partial charge in [-0.3, -0.25) is 19.2 Å². The van der Waals surface area contributed by atoms with Gasteiger partial charge in [0.1, 0.15) is 28.7 Å². The molecule has 4 atom stereocenters. The summed E-state index contributed by atoms with van der Waals surface area (Å²) in [6, 6.07) is 26.3. The number of carbonyl (C=O) groups excluding carboxylic acids is 3. The quantitative estimate of drug-likeness (QED) is 0.0576. The maximum Gasteiger partial charge on any atom is 0.494 e. The highest BCUT2D eigenvalue weighted by molar-refractivity contribution is 9.10. The number of hydrogen-bond donors (Lipinski definition) is 2. The highest BCUT2D eigenvalue weighted by Crippen LogP contribution is 2.45. The zero-order valence-electron chi connectivity index (χ0n) is 46.5. The van der Waals surface area contributed by atoms with E-state index in [2.05, 4.69) is 36.6 Å². The largest absolute Gasteiger partial charge is 0.506 e. The van der Waals surface area contributed by atoms with Gasteiger partial charge in [0, 0.05) is 31.9 Å². The summed E-state index contributed by atoms with van der Waals surface area (Å²) in [6.07, 6.45) is 11.0. The van der Waals surface area contributed by atoms with Crippen molar-refractivity contribution < 1.29 is 62.4 Å². The number of carboxylic acid groups (broad SMARTS) is 1. The maximum absolute atomic E-state index is 12.2. The SMILES string of the molecule is CC.CC1(C)OB(c2ccc(OC3CC3)c(Cl)c2)OC1(C)C.COC(=O)[C@H]1C[C@@H]1C(=O)c1ccc(OC2CC2)c(Cl)c1.Clc1cc(Br)ccc1OC1CC1.O=C(O)[C@H]1C[C@@H]1C(=O)c1ccc(OC2CC2)c(Cl)c1.Oc1ccc(Br)cc1Cl. The van der Waals surface area contributed by atoms with Gasteiger partial charge in [0.05, 0.1) is 79.7 Å². The Morgan fingerprint density at radius 3 is 1.21 bits per heavy atom. The van der Waals surface area contributed by atoms with Gasteiger partial charge in [-0.25, -0.2) is 0 Å². The van der Waals surface area contributed by atoms with Gasteiger partial charge in [-0.1, -0.05) is 110 Å². The van der Waals surface area contributed by atoms with Crippen LogP contribution in [0.15, 0.2) is 99.9 Å². The number of halogens is 7. The van der Waals surface area contributed by atoms with Crippen molar-refractivity contribution in [1.29, 1.82) is 0 Å². The van der Waals surface area contributed by atoms with Crippen LogP contribution in [0.2, 0.25) is 25.1 Å². The molecule has 1 heterocycles. The Morgan fingerprint density at radius 2 is 0.866 bits per heavy atom. The average Bonchev–Trinajstić information content (AvgIpc) is 4.14. The monoisotopic (exact) mass is 1350 g/mol. The smallest absolute Gasteiger partial charge is 0.494 e. The first-order valence-corrected chi connectivity index (χ1v) is 30.8. The minimum Gasteiger partial charge on any atom is -0.506 e. The number of phenols is 1. The minimum absolute atomic E-state index is 0.0553. The topological polar surface area (TPSA) is 173 Å². The van der Waals surface area contributed by atoms with Crippen molar-refractivity contribution in [2.24, 2.45) is 23.7 Å². The first kappa shape index (κ1) is 65.3. The molecule has 82 heavy (non-hydrogen) atoms. The standard InChI is InChI=1S/C15H20BClO3.C15H15ClO4.C14H13ClO4.C9H8BrClO.C6H4BrClO.C2H6/c1-14(2)15(3,4)20-16(19-14)10-5-8-13(12(17)9-10)18-11-6-7-11;1-19-15(18)11-7-10(11)14(17)8-2-5-13(12(16)6-8)20-9-3-4-9;15-11-5-7(1-4-12(11)19-8-2-3-8)13(16)9-6-10(9)14(17)18;10-6-1-4-9(8(11)5-6)12-7-2-3-7;7-4-1-2-6(9)5(8)3-4;1-2/h5,8-9,11H,6-7H2,1-4H3;2,5-6,9-11H,3-4,7H2,1H3;1,4-5,8-10H,2-3,6H2,(H,17,18);1,4-5,7H,2-3H2;1-3,9H;1-2H3/t;10-,11-;9-,10-;;;/m.00.../s1. The second-order valence-electron chi connectivity index (χ2n) is 21.5. The molecule has 12 rings (SSSR count). The summed E-state index contributed by atoms with van der Waals surface area (Å²) < 4.78 is 41.0. The summed E-state index contributed by atoms with van der Waals surface area (Å²) >= 11 is 36.5. The maximum atomic E-state index is 12.2. The van der Waals surface area contributed by atoms with Gasteiger partial charge in [0.15, 0.2) is 11.6 Å². The number of Topliss-reactive ketones (excluding diaryl/α,β-unsaturated/α-hetero) is 2. The second kappa shape index (κ2) is 28.8. The molecule has 1 aliphatic heterocycles. The molecule has 0 amide bonds. The molecule has 2 N–H and O–H groups in total. The van der Waals surface area contributed by atoms with Crippen molar-refractivity contribution in [2.45, 2.75) is 141 Å². The summed E-state index contributed by atoms with van der Waals surface area (Å²) in [4.78, 5) is 46.4. The molecule has 6 aliphatic carbocycles. The van der Waals surface area contributed by atoms with Gasteiger partial charge >= 0.3 is 19.1 Å². The van der Waals surface area contributed by atoms with Gasteiger partial charge in [-0.05, 0) is 182 Å². The van der Waals surface area contributed by atoms with Crippen molar-refractivity contribution in [3.8, 4) is 28.7 Å². The van der Waals surface area contributed by atoms with E-state index in [9.17, 15) is 19.2 Å². The second-order valence-corrected chi connectivity index (χ2v) is 25.4. The van der Waals surface area contributed by atoms with Gasteiger partial charge < -0.3 is 43.2 Å². The van der Waals surface area contributed by atoms with Gasteiger partial charge in [0.25, 0.3) is 0 Å². The molecule has 5 aromatic carbocycles. The van der Waals surface area contributed by atoms with Gasteiger partial charge in [-0.2, -0.15) is 0 Å². The van der Waals surface area contributed by atoms with Crippen LogP contribution < -0.4 is 24.4 Å². The van der Waals surface area contributed by atoms with Crippen molar-refractivity contribution in [2.75, 3.05) is 7.11 Å². The average molecular weight is 1360 g/mol. The number of aromatic hydroxyl groups is 1. The lowest BCUT2D eigenvalue weighted by Gasteiger charge is -2.32. The Balaban J connectivity index is 0.000000150. The fraction of sp³-hybridized carbons (Fsp3) is 0.443. The molecule has 5 aromatic rings. The predicted octanol–water partition coefficient (Wildman–Crippen LogP) is 16.3. The zero-order chi connectivity index (χ0) is 59.8. The Labute approximate surface area is 521 Å². The lowest BCUT2D eigenvalue weighted by molar-refractivity contribution is -0.142. The Bertz CT molecular complexity index is 3080. The molecular weight excluding hydrogens is 1290 g/mol. The Morgan fingerprint density at radius 1 is 0.512 bits per heavy atom. The molecule has 13 nitrogen and oxygen atoms in total. The number of hydrogen-bond acceptors (Lipinski definition) is 12. The summed E-state index contributed by atoms with van der Waals surface area (Å²) in [7, 11) is 0.954. The van der Waals surface area contributed by atoms with Crippen LogP contribution in [0.5, 0.6) is 28.7 Å². The van der Waals surface area contributed by atoms with Crippen LogP contribution in [0.3, 0.4) is 0 Å². The molecular formula is C61H66BBr2Cl5O13. The number of benzene rings is 5. The fourth-order valence-corrected chi connectivity index (χ4v) is 9.91. The lowest BCUT2D eigenvalue weighted by Crippen LogP contribution is -2.41. The number of carbonyl (C=O) groups is 4. The number of ketones is 2. The predicted molar refractivity (Wildman–Crippen MR) is 327 cm³/mol. The van der Waals surface area contributed by atoms with Crippen molar-refractivity contribution in [1.82, 2.24) is 0 Å². The zero-order valence-corrected chi connectivity index (χ0v) is 53.4. The molecule has 0 bridgehead atoms. The van der Waals surface area contributed by atoms with Crippen LogP contribution in [-0.4, -0.2) is 83.6 Å². The highest BCUT2D eigenvalue weighted by Gasteiger charge is 2.52. The molecule has 0 unspecified atom stereocenters. The third-order valence-electron chi connectivity index (χ3n) is 14.1. The Kier molecular flexibility index (Phi) is 22.9. The molecule has 0 aromatic heterocycles. The number of methoxy groups -OCH3 is 1. The number of rotatable bonds is 15. The van der Waals surface area contributed by atoms with E-state index < -0.39 is 17.8 Å².